The summed E-state index contributed by atoms with van der Waals surface area (Å²) in [6.45, 7) is 6.09. The van der Waals surface area contributed by atoms with Gasteiger partial charge in [-0.15, -0.1) is 0 Å². The Bertz CT molecular complexity index is 151. The van der Waals surface area contributed by atoms with E-state index in [1.54, 1.807) is 0 Å². The molecule has 0 bridgehead atoms. The summed E-state index contributed by atoms with van der Waals surface area (Å²) in [5, 5.41) is 7.02. The molecule has 84 valence electrons. The third-order valence-electron chi connectivity index (χ3n) is 1.80. The van der Waals surface area contributed by atoms with Gasteiger partial charge in [-0.05, 0) is 26.7 Å². The molecule has 14 heavy (non-hydrogen) atoms. The molecular formula is C10H22N2O2. The minimum absolute atomic E-state index is 0.160. The molecule has 0 heterocycles. The molecule has 0 aromatic rings. The fraction of sp³-hybridized carbons (Fsp3) is 0.900. The van der Waals surface area contributed by atoms with Gasteiger partial charge in [0.2, 0.25) is 0 Å². The molecule has 0 fully saturated rings. The highest BCUT2D eigenvalue weighted by molar-refractivity contribution is 5.76. The molecule has 3 N–H and O–H groups in total. The fourth-order valence-corrected chi connectivity index (χ4v) is 1.03. The monoisotopic (exact) mass is 202 g/mol. The number of nitrogens with two attached hydrogens (primary N) is 1. The van der Waals surface area contributed by atoms with E-state index in [-0.39, 0.29) is 11.9 Å². The maximum atomic E-state index is 7.02. The van der Waals surface area contributed by atoms with Gasteiger partial charge in [-0.1, -0.05) is 0 Å². The van der Waals surface area contributed by atoms with Crippen LogP contribution < -0.4 is 5.73 Å². The Hall–Kier alpha value is -0.610. The molecule has 0 saturated heterocycles. The van der Waals surface area contributed by atoms with Crippen LogP contribution in [0.2, 0.25) is 0 Å². The molecule has 1 atom stereocenters. The average Bonchev–Trinajstić information content (AvgIpc) is 2.13. The first kappa shape index (κ1) is 13.4. The van der Waals surface area contributed by atoms with Gasteiger partial charge >= 0.3 is 0 Å². The summed E-state index contributed by atoms with van der Waals surface area (Å²) in [5.41, 5.74) is 5.22. The summed E-state index contributed by atoms with van der Waals surface area (Å²) in [7, 11) is 0. The van der Waals surface area contributed by atoms with Gasteiger partial charge in [0.05, 0.1) is 18.5 Å². The maximum Gasteiger partial charge on any atom is 0.0905 e. The summed E-state index contributed by atoms with van der Waals surface area (Å²) in [6, 6.07) is 0. The second-order valence-electron chi connectivity index (χ2n) is 3.32. The van der Waals surface area contributed by atoms with Gasteiger partial charge in [-0.25, -0.2) is 0 Å². The van der Waals surface area contributed by atoms with Crippen molar-refractivity contribution in [3.05, 3.63) is 0 Å². The van der Waals surface area contributed by atoms with Crippen LogP contribution in [0.15, 0.2) is 0 Å². The van der Waals surface area contributed by atoms with Gasteiger partial charge < -0.3 is 15.2 Å². The van der Waals surface area contributed by atoms with E-state index in [1.807, 2.05) is 13.8 Å². The van der Waals surface area contributed by atoms with Crippen LogP contribution in [0, 0.1) is 5.41 Å². The molecule has 1 unspecified atom stereocenters. The van der Waals surface area contributed by atoms with Crippen LogP contribution in [-0.4, -0.2) is 31.8 Å². The summed E-state index contributed by atoms with van der Waals surface area (Å²) in [4.78, 5) is 0. The molecule has 0 saturated carbocycles. The topological polar surface area (TPSA) is 68.3 Å². The summed E-state index contributed by atoms with van der Waals surface area (Å²) < 4.78 is 10.7. The lowest BCUT2D eigenvalue weighted by atomic mass is 10.2. The van der Waals surface area contributed by atoms with Crippen molar-refractivity contribution < 1.29 is 9.47 Å². The van der Waals surface area contributed by atoms with E-state index in [9.17, 15) is 0 Å². The van der Waals surface area contributed by atoms with Gasteiger partial charge in [0.25, 0.3) is 0 Å². The zero-order valence-electron chi connectivity index (χ0n) is 9.21. The second-order valence-corrected chi connectivity index (χ2v) is 3.32. The molecule has 0 radical (unpaired) electrons. The highest BCUT2D eigenvalue weighted by Crippen LogP contribution is 1.98. The number of amidine groups is 1. The van der Waals surface area contributed by atoms with Crippen LogP contribution in [0.4, 0.5) is 0 Å². The summed E-state index contributed by atoms with van der Waals surface area (Å²) >= 11 is 0. The van der Waals surface area contributed by atoms with Gasteiger partial charge in [0, 0.05) is 19.6 Å². The van der Waals surface area contributed by atoms with E-state index in [0.29, 0.717) is 13.0 Å². The molecule has 0 rings (SSSR count). The van der Waals surface area contributed by atoms with Gasteiger partial charge in [0.15, 0.2) is 0 Å². The van der Waals surface area contributed by atoms with Crippen molar-refractivity contribution in [3.63, 3.8) is 0 Å². The zero-order valence-corrected chi connectivity index (χ0v) is 9.21. The van der Waals surface area contributed by atoms with Crippen molar-refractivity contribution >= 4 is 5.84 Å². The lowest BCUT2D eigenvalue weighted by Crippen LogP contribution is -2.17. The predicted molar refractivity (Wildman–Crippen MR) is 57.7 cm³/mol. The minimum atomic E-state index is 0.160. The first-order valence-corrected chi connectivity index (χ1v) is 5.19. The Kier molecular flexibility index (Phi) is 8.57. The molecule has 0 aliphatic heterocycles. The van der Waals surface area contributed by atoms with E-state index >= 15 is 0 Å². The average molecular weight is 202 g/mol. The summed E-state index contributed by atoms with van der Waals surface area (Å²) in [5.74, 6) is 0.257. The van der Waals surface area contributed by atoms with Crippen molar-refractivity contribution in [1.29, 1.82) is 5.41 Å². The van der Waals surface area contributed by atoms with E-state index in [1.165, 1.54) is 0 Å². The molecule has 4 nitrogen and oxygen atoms in total. The number of hydrogen-bond donors (Lipinski definition) is 2. The molecule has 0 amide bonds. The molecule has 0 aliphatic carbocycles. The first-order chi connectivity index (χ1) is 6.66. The Morgan fingerprint density at radius 3 is 2.71 bits per heavy atom. The molecule has 0 spiro atoms. The third-order valence-corrected chi connectivity index (χ3v) is 1.80. The quantitative estimate of drug-likeness (QED) is 0.338. The van der Waals surface area contributed by atoms with Gasteiger partial charge in [0.1, 0.15) is 0 Å². The highest BCUT2D eigenvalue weighted by Gasteiger charge is 2.00. The summed E-state index contributed by atoms with van der Waals surface area (Å²) in [6.07, 6.45) is 2.71. The Morgan fingerprint density at radius 1 is 1.43 bits per heavy atom. The van der Waals surface area contributed by atoms with Crippen molar-refractivity contribution in [2.75, 3.05) is 19.8 Å². The largest absolute Gasteiger partial charge is 0.388 e. The van der Waals surface area contributed by atoms with Gasteiger partial charge in [-0.3, -0.25) is 5.41 Å². The maximum absolute atomic E-state index is 7.02. The second kappa shape index (κ2) is 8.97. The van der Waals surface area contributed by atoms with E-state index in [2.05, 4.69) is 0 Å². The molecule has 4 heteroatoms. The molecule has 0 aromatic heterocycles. The SMILES string of the molecule is CCOCC(C)OCCCCC(=N)N. The van der Waals surface area contributed by atoms with Crippen LogP contribution in [0.3, 0.4) is 0 Å². The number of unbranched alkanes of at least 4 members (excludes halogenated alkanes) is 1. The van der Waals surface area contributed by atoms with Gasteiger partial charge in [-0.2, -0.15) is 0 Å². The third kappa shape index (κ3) is 9.48. The predicted octanol–water partition coefficient (Wildman–Crippen LogP) is 1.53. The Balaban J connectivity index is 3.14. The number of hydrogen-bond acceptors (Lipinski definition) is 3. The highest BCUT2D eigenvalue weighted by atomic mass is 16.5. The number of rotatable bonds is 9. The molecule has 0 aliphatic rings. The van der Waals surface area contributed by atoms with Crippen molar-refractivity contribution in [2.24, 2.45) is 5.73 Å². The Labute approximate surface area is 86.3 Å². The Morgan fingerprint density at radius 2 is 2.14 bits per heavy atom. The van der Waals surface area contributed by atoms with Crippen LogP contribution >= 0.6 is 0 Å². The fourth-order valence-electron chi connectivity index (χ4n) is 1.03. The van der Waals surface area contributed by atoms with Crippen LogP contribution in [-0.2, 0) is 9.47 Å². The normalized spacial score (nSPS) is 12.7. The minimum Gasteiger partial charge on any atom is -0.388 e. The number of ether oxygens (including phenoxy) is 2. The van der Waals surface area contributed by atoms with Crippen LogP contribution in [0.1, 0.15) is 33.1 Å². The van der Waals surface area contributed by atoms with E-state index in [0.717, 1.165) is 26.1 Å². The van der Waals surface area contributed by atoms with E-state index in [4.69, 9.17) is 20.6 Å². The zero-order chi connectivity index (χ0) is 10.8. The number of nitrogens with one attached hydrogen (secondary N) is 1. The van der Waals surface area contributed by atoms with Crippen LogP contribution in [0.25, 0.3) is 0 Å². The van der Waals surface area contributed by atoms with Crippen LogP contribution in [0.5, 0.6) is 0 Å². The van der Waals surface area contributed by atoms with Crippen molar-refractivity contribution in [3.8, 4) is 0 Å². The lowest BCUT2D eigenvalue weighted by Gasteiger charge is -2.12. The first-order valence-electron chi connectivity index (χ1n) is 5.19. The van der Waals surface area contributed by atoms with Crippen molar-refractivity contribution in [1.82, 2.24) is 0 Å². The smallest absolute Gasteiger partial charge is 0.0905 e. The molecular weight excluding hydrogens is 180 g/mol. The lowest BCUT2D eigenvalue weighted by molar-refractivity contribution is -0.00434. The standard InChI is InChI=1S/C10H22N2O2/c1-3-13-8-9(2)14-7-5-4-6-10(11)12/h9H,3-8H2,1-2H3,(H3,11,12). The van der Waals surface area contributed by atoms with E-state index < -0.39 is 0 Å². The van der Waals surface area contributed by atoms with Crippen molar-refractivity contribution in [2.45, 2.75) is 39.2 Å². The molecule has 0 aromatic carbocycles.